The summed E-state index contributed by atoms with van der Waals surface area (Å²) >= 11 is 0.303. The molecule has 132 valence electrons. The molecule has 0 aliphatic rings. The second-order valence-electron chi connectivity index (χ2n) is 4.97. The van der Waals surface area contributed by atoms with Gasteiger partial charge in [-0.05, 0) is 30.7 Å². The first-order chi connectivity index (χ1) is 11.9. The Labute approximate surface area is 147 Å². The third kappa shape index (κ3) is 5.18. The Morgan fingerprint density at radius 2 is 1.92 bits per heavy atom. The first kappa shape index (κ1) is 18.7. The molecule has 0 radical (unpaired) electrons. The van der Waals surface area contributed by atoms with Gasteiger partial charge in [0.2, 0.25) is 0 Å². The zero-order chi connectivity index (χ0) is 18.4. The number of aromatic hydroxyl groups is 1. The highest BCUT2D eigenvalue weighted by molar-refractivity contribution is 7.99. The van der Waals surface area contributed by atoms with Crippen molar-refractivity contribution in [2.45, 2.75) is 17.6 Å². The fourth-order valence-electron chi connectivity index (χ4n) is 1.99. The zero-order valence-electron chi connectivity index (χ0n) is 13.2. The van der Waals surface area contributed by atoms with Gasteiger partial charge in [-0.1, -0.05) is 36.0 Å². The Hall–Kier alpha value is -2.61. The van der Waals surface area contributed by atoms with Gasteiger partial charge in [-0.25, -0.2) is 4.79 Å². The van der Waals surface area contributed by atoms with E-state index in [1.54, 1.807) is 31.2 Å². The van der Waals surface area contributed by atoms with Crippen LogP contribution in [0.2, 0.25) is 0 Å². The lowest BCUT2D eigenvalue weighted by molar-refractivity contribution is -0.119. The van der Waals surface area contributed by atoms with E-state index in [0.717, 1.165) is 0 Å². The van der Waals surface area contributed by atoms with Crippen LogP contribution in [0.4, 0.5) is 14.5 Å². The van der Waals surface area contributed by atoms with Crippen molar-refractivity contribution in [3.63, 3.8) is 0 Å². The summed E-state index contributed by atoms with van der Waals surface area (Å²) in [6.07, 6.45) is 0. The minimum Gasteiger partial charge on any atom is -0.507 e. The third-order valence-electron chi connectivity index (χ3n) is 3.17. The highest BCUT2D eigenvalue weighted by Gasteiger charge is 2.16. The first-order valence-electron chi connectivity index (χ1n) is 7.18. The molecular formula is C17H15F2NO4S. The lowest BCUT2D eigenvalue weighted by atomic mass is 10.1. The number of carbonyl (C=O) groups is 2. The number of thioether (sulfide) groups is 1. The van der Waals surface area contributed by atoms with Gasteiger partial charge < -0.3 is 15.2 Å². The van der Waals surface area contributed by atoms with Crippen LogP contribution in [0.15, 0.2) is 47.4 Å². The molecule has 8 heteroatoms. The van der Waals surface area contributed by atoms with E-state index in [0.29, 0.717) is 17.3 Å². The molecule has 1 amide bonds. The van der Waals surface area contributed by atoms with E-state index in [1.165, 1.54) is 18.2 Å². The Bertz CT molecular complexity index is 783. The van der Waals surface area contributed by atoms with Gasteiger partial charge in [0.1, 0.15) is 11.3 Å². The maximum atomic E-state index is 12.5. The summed E-state index contributed by atoms with van der Waals surface area (Å²) in [6.45, 7) is 1.01. The Kier molecular flexibility index (Phi) is 6.35. The van der Waals surface area contributed by atoms with Gasteiger partial charge in [0.05, 0.1) is 5.69 Å². The number of aryl methyl sites for hydroxylation is 1. The third-order valence-corrected chi connectivity index (χ3v) is 3.96. The lowest BCUT2D eigenvalue weighted by Crippen LogP contribution is -2.21. The summed E-state index contributed by atoms with van der Waals surface area (Å²) in [5, 5.41) is 12.2. The van der Waals surface area contributed by atoms with Crippen molar-refractivity contribution >= 4 is 29.3 Å². The molecule has 0 aromatic heterocycles. The number of anilines is 1. The lowest BCUT2D eigenvalue weighted by Gasteiger charge is -2.11. The molecule has 0 spiro atoms. The number of rotatable bonds is 6. The Morgan fingerprint density at radius 3 is 2.64 bits per heavy atom. The van der Waals surface area contributed by atoms with Crippen molar-refractivity contribution in [3.05, 3.63) is 53.6 Å². The number of para-hydroxylation sites is 2. The highest BCUT2D eigenvalue weighted by Crippen LogP contribution is 2.31. The zero-order valence-corrected chi connectivity index (χ0v) is 14.0. The minimum atomic E-state index is -2.62. The van der Waals surface area contributed by atoms with E-state index >= 15 is 0 Å². The molecule has 2 aromatic carbocycles. The van der Waals surface area contributed by atoms with Gasteiger partial charge in [-0.3, -0.25) is 4.79 Å². The van der Waals surface area contributed by atoms with E-state index in [2.05, 4.69) is 5.32 Å². The molecule has 5 nitrogen and oxygen atoms in total. The number of carbonyl (C=O) groups excluding carboxylic acids is 2. The van der Waals surface area contributed by atoms with Gasteiger partial charge in [-0.2, -0.15) is 8.78 Å². The predicted octanol–water partition coefficient (Wildman–Crippen LogP) is 3.81. The summed E-state index contributed by atoms with van der Waals surface area (Å²) in [7, 11) is 0. The van der Waals surface area contributed by atoms with Gasteiger partial charge in [0, 0.05) is 4.90 Å². The topological polar surface area (TPSA) is 75.6 Å². The molecule has 0 saturated carbocycles. The quantitative estimate of drug-likeness (QED) is 0.600. The van der Waals surface area contributed by atoms with Crippen LogP contribution in [-0.2, 0) is 9.53 Å². The van der Waals surface area contributed by atoms with Crippen molar-refractivity contribution in [2.24, 2.45) is 0 Å². The predicted molar refractivity (Wildman–Crippen MR) is 90.1 cm³/mol. The van der Waals surface area contributed by atoms with E-state index in [1.807, 2.05) is 0 Å². The molecule has 0 aliphatic carbocycles. The number of benzene rings is 2. The van der Waals surface area contributed by atoms with Crippen LogP contribution in [0.25, 0.3) is 0 Å². The summed E-state index contributed by atoms with van der Waals surface area (Å²) in [5.74, 6) is -4.37. The number of phenolic OH excluding ortho intramolecular Hbond substituents is 1. The van der Waals surface area contributed by atoms with Crippen molar-refractivity contribution < 1.29 is 28.2 Å². The summed E-state index contributed by atoms with van der Waals surface area (Å²) in [4.78, 5) is 24.0. The number of phenols is 1. The molecule has 2 N–H and O–H groups in total. The molecule has 0 bridgehead atoms. The molecule has 0 unspecified atom stereocenters. The molecule has 0 aliphatic heterocycles. The van der Waals surface area contributed by atoms with Crippen LogP contribution in [-0.4, -0.2) is 29.3 Å². The molecule has 0 heterocycles. The number of hydrogen-bond acceptors (Lipinski definition) is 5. The number of amides is 1. The molecule has 0 saturated heterocycles. The largest absolute Gasteiger partial charge is 0.507 e. The minimum absolute atomic E-state index is 0.0542. The Morgan fingerprint density at radius 1 is 1.20 bits per heavy atom. The van der Waals surface area contributed by atoms with Gasteiger partial charge in [-0.15, -0.1) is 0 Å². The van der Waals surface area contributed by atoms with Crippen LogP contribution in [0.1, 0.15) is 15.9 Å². The van der Waals surface area contributed by atoms with Gasteiger partial charge in [0.15, 0.2) is 6.61 Å². The van der Waals surface area contributed by atoms with E-state index in [4.69, 9.17) is 4.74 Å². The van der Waals surface area contributed by atoms with Gasteiger partial charge >= 0.3 is 5.97 Å². The average molecular weight is 367 g/mol. The summed E-state index contributed by atoms with van der Waals surface area (Å²) in [5.41, 5.74) is 0.644. The van der Waals surface area contributed by atoms with Crippen LogP contribution in [0.5, 0.6) is 5.75 Å². The fourth-order valence-corrected chi connectivity index (χ4v) is 2.58. The van der Waals surface area contributed by atoms with Crippen LogP contribution in [0.3, 0.4) is 0 Å². The highest BCUT2D eigenvalue weighted by atomic mass is 32.2. The monoisotopic (exact) mass is 367 g/mol. The second-order valence-corrected chi connectivity index (χ2v) is 6.00. The van der Waals surface area contributed by atoms with Crippen molar-refractivity contribution in [1.82, 2.24) is 0 Å². The number of hydrogen-bond donors (Lipinski definition) is 2. The van der Waals surface area contributed by atoms with Crippen molar-refractivity contribution in [1.29, 1.82) is 0 Å². The van der Waals surface area contributed by atoms with Gasteiger partial charge in [0.25, 0.3) is 11.7 Å². The molecule has 0 fully saturated rings. The number of halogens is 2. The molecule has 0 atom stereocenters. The maximum Gasteiger partial charge on any atom is 0.342 e. The van der Waals surface area contributed by atoms with Crippen LogP contribution in [0, 0.1) is 6.92 Å². The Balaban J connectivity index is 1.97. The standard InChI is InChI=1S/C17H15F2NO4S/c1-10-5-4-6-11(15(10)22)16(23)24-9-14(21)20-12-7-2-3-8-13(12)25-17(18)19/h2-8,17,22H,9H2,1H3,(H,20,21). The van der Waals surface area contributed by atoms with Crippen LogP contribution < -0.4 is 5.32 Å². The summed E-state index contributed by atoms with van der Waals surface area (Å²) in [6, 6.07) is 10.6. The average Bonchev–Trinajstić information content (AvgIpc) is 2.56. The van der Waals surface area contributed by atoms with E-state index in [9.17, 15) is 23.5 Å². The van der Waals surface area contributed by atoms with Crippen LogP contribution >= 0.6 is 11.8 Å². The smallest absolute Gasteiger partial charge is 0.342 e. The van der Waals surface area contributed by atoms with Crippen molar-refractivity contribution in [2.75, 3.05) is 11.9 Å². The number of nitrogens with one attached hydrogen (secondary N) is 1. The molecule has 2 aromatic rings. The molecule has 25 heavy (non-hydrogen) atoms. The summed E-state index contributed by atoms with van der Waals surface area (Å²) < 4.78 is 29.9. The fraction of sp³-hybridized carbons (Fsp3) is 0.176. The second kappa shape index (κ2) is 8.48. The number of esters is 1. The number of ether oxygens (including phenoxy) is 1. The SMILES string of the molecule is Cc1cccc(C(=O)OCC(=O)Nc2ccccc2SC(F)F)c1O. The first-order valence-corrected chi connectivity index (χ1v) is 8.06. The van der Waals surface area contributed by atoms with Crippen molar-refractivity contribution in [3.8, 4) is 5.75 Å². The molecule has 2 rings (SSSR count). The normalized spacial score (nSPS) is 10.6. The maximum absolute atomic E-state index is 12.5. The van der Waals surface area contributed by atoms with E-state index in [-0.39, 0.29) is 21.9 Å². The van der Waals surface area contributed by atoms with E-state index < -0.39 is 24.2 Å². The molecular weight excluding hydrogens is 352 g/mol. The number of alkyl halides is 2.